The van der Waals surface area contributed by atoms with Gasteiger partial charge in [-0.25, -0.2) is 0 Å². The van der Waals surface area contributed by atoms with Gasteiger partial charge in [-0.3, -0.25) is 9.78 Å². The monoisotopic (exact) mass is 255 g/mol. The first-order valence-electron chi connectivity index (χ1n) is 5.64. The van der Waals surface area contributed by atoms with Gasteiger partial charge < -0.3 is 10.2 Å². The predicted molar refractivity (Wildman–Crippen MR) is 69.0 cm³/mol. The van der Waals surface area contributed by atoms with Crippen molar-refractivity contribution >= 4 is 18.3 Å². The lowest BCUT2D eigenvalue weighted by Gasteiger charge is -2.22. The first kappa shape index (κ1) is 13.9. The van der Waals surface area contributed by atoms with Crippen LogP contribution in [0.15, 0.2) is 24.5 Å². The first-order chi connectivity index (χ1) is 7.81. The number of amides is 1. The molecule has 1 aromatic heterocycles. The van der Waals surface area contributed by atoms with Gasteiger partial charge in [-0.15, -0.1) is 12.4 Å². The summed E-state index contributed by atoms with van der Waals surface area (Å²) in [6.07, 6.45) is 5.81. The van der Waals surface area contributed by atoms with Crippen LogP contribution in [0.5, 0.6) is 0 Å². The van der Waals surface area contributed by atoms with Crippen molar-refractivity contribution in [1.82, 2.24) is 15.2 Å². The molecule has 1 saturated carbocycles. The normalized spacial score (nSPS) is 13.9. The summed E-state index contributed by atoms with van der Waals surface area (Å²) in [7, 11) is 1.80. The SMILES string of the molecule is CNCC(=O)N(Cc1ccncc1)C1CC1.Cl. The number of nitrogens with one attached hydrogen (secondary N) is 1. The zero-order valence-corrected chi connectivity index (χ0v) is 10.7. The summed E-state index contributed by atoms with van der Waals surface area (Å²) < 4.78 is 0. The van der Waals surface area contributed by atoms with Crippen LogP contribution in [0.1, 0.15) is 18.4 Å². The minimum absolute atomic E-state index is 0. The highest BCUT2D eigenvalue weighted by atomic mass is 35.5. The summed E-state index contributed by atoms with van der Waals surface area (Å²) in [6, 6.07) is 4.37. The van der Waals surface area contributed by atoms with Gasteiger partial charge in [-0.1, -0.05) is 0 Å². The Hall–Kier alpha value is -1.13. The van der Waals surface area contributed by atoms with Gasteiger partial charge in [-0.05, 0) is 37.6 Å². The van der Waals surface area contributed by atoms with Gasteiger partial charge in [-0.2, -0.15) is 0 Å². The van der Waals surface area contributed by atoms with Crippen molar-refractivity contribution in [3.8, 4) is 0 Å². The molecular formula is C12H18ClN3O. The molecule has 2 rings (SSSR count). The smallest absolute Gasteiger partial charge is 0.237 e. The van der Waals surface area contributed by atoms with Gasteiger partial charge in [0, 0.05) is 25.0 Å². The van der Waals surface area contributed by atoms with Crippen LogP contribution in [0.25, 0.3) is 0 Å². The second-order valence-corrected chi connectivity index (χ2v) is 4.14. The Labute approximate surface area is 108 Å². The Kier molecular flexibility index (Phi) is 5.38. The van der Waals surface area contributed by atoms with E-state index < -0.39 is 0 Å². The number of carbonyl (C=O) groups excluding carboxylic acids is 1. The lowest BCUT2D eigenvalue weighted by atomic mass is 10.2. The van der Waals surface area contributed by atoms with E-state index in [9.17, 15) is 4.79 Å². The zero-order chi connectivity index (χ0) is 11.4. The average molecular weight is 256 g/mol. The van der Waals surface area contributed by atoms with Crippen molar-refractivity contribution in [3.63, 3.8) is 0 Å². The highest BCUT2D eigenvalue weighted by Gasteiger charge is 2.31. The number of nitrogens with zero attached hydrogens (tertiary/aromatic N) is 2. The first-order valence-corrected chi connectivity index (χ1v) is 5.64. The number of likely N-dealkylation sites (N-methyl/N-ethyl adjacent to an activating group) is 1. The topological polar surface area (TPSA) is 45.2 Å². The summed E-state index contributed by atoms with van der Waals surface area (Å²) in [5.41, 5.74) is 1.14. The van der Waals surface area contributed by atoms with Crippen LogP contribution in [0.3, 0.4) is 0 Å². The molecule has 17 heavy (non-hydrogen) atoms. The minimum Gasteiger partial charge on any atom is -0.334 e. The summed E-state index contributed by atoms with van der Waals surface area (Å²) in [4.78, 5) is 17.8. The molecule has 0 unspecified atom stereocenters. The number of hydrogen-bond acceptors (Lipinski definition) is 3. The fourth-order valence-electron chi connectivity index (χ4n) is 1.74. The van der Waals surface area contributed by atoms with Gasteiger partial charge in [0.15, 0.2) is 0 Å². The van der Waals surface area contributed by atoms with Gasteiger partial charge in [0.1, 0.15) is 0 Å². The van der Waals surface area contributed by atoms with Gasteiger partial charge >= 0.3 is 0 Å². The van der Waals surface area contributed by atoms with E-state index in [4.69, 9.17) is 0 Å². The number of hydrogen-bond donors (Lipinski definition) is 1. The van der Waals surface area contributed by atoms with Crippen LogP contribution in [0.2, 0.25) is 0 Å². The Morgan fingerprint density at radius 2 is 2.12 bits per heavy atom. The largest absolute Gasteiger partial charge is 0.334 e. The number of rotatable bonds is 5. The standard InChI is InChI=1S/C12H17N3O.ClH/c1-13-8-12(16)15(11-2-3-11)9-10-4-6-14-7-5-10;/h4-7,11,13H,2-3,8-9H2,1H3;1H. The maximum atomic E-state index is 11.9. The number of aromatic nitrogens is 1. The van der Waals surface area contributed by atoms with Crippen molar-refractivity contribution in [1.29, 1.82) is 0 Å². The van der Waals surface area contributed by atoms with E-state index in [1.165, 1.54) is 0 Å². The van der Waals surface area contributed by atoms with E-state index in [-0.39, 0.29) is 18.3 Å². The molecule has 4 nitrogen and oxygen atoms in total. The molecule has 1 fully saturated rings. The Morgan fingerprint density at radius 3 is 2.65 bits per heavy atom. The van der Waals surface area contributed by atoms with E-state index in [0.717, 1.165) is 18.4 Å². The quantitative estimate of drug-likeness (QED) is 0.860. The summed E-state index contributed by atoms with van der Waals surface area (Å²) in [5.74, 6) is 0.182. The summed E-state index contributed by atoms with van der Waals surface area (Å²) in [5, 5.41) is 2.91. The zero-order valence-electron chi connectivity index (χ0n) is 9.93. The van der Waals surface area contributed by atoms with Crippen molar-refractivity contribution < 1.29 is 4.79 Å². The maximum Gasteiger partial charge on any atom is 0.237 e. The van der Waals surface area contributed by atoms with E-state index >= 15 is 0 Å². The van der Waals surface area contributed by atoms with Crippen LogP contribution in [0, 0.1) is 0 Å². The highest BCUT2D eigenvalue weighted by Crippen LogP contribution is 2.28. The van der Waals surface area contributed by atoms with Crippen molar-refractivity contribution in [3.05, 3.63) is 30.1 Å². The molecule has 0 aromatic carbocycles. The van der Waals surface area contributed by atoms with Crippen molar-refractivity contribution in [2.24, 2.45) is 0 Å². The molecule has 1 aliphatic carbocycles. The Morgan fingerprint density at radius 1 is 1.47 bits per heavy atom. The second kappa shape index (κ2) is 6.57. The number of carbonyl (C=O) groups is 1. The fraction of sp³-hybridized carbons (Fsp3) is 0.500. The van der Waals surface area contributed by atoms with Crippen molar-refractivity contribution in [2.45, 2.75) is 25.4 Å². The van der Waals surface area contributed by atoms with Gasteiger partial charge in [0.25, 0.3) is 0 Å². The van der Waals surface area contributed by atoms with Crippen molar-refractivity contribution in [2.75, 3.05) is 13.6 Å². The fourth-order valence-corrected chi connectivity index (χ4v) is 1.74. The Bertz CT molecular complexity index is 354. The summed E-state index contributed by atoms with van der Waals surface area (Å²) >= 11 is 0. The van der Waals surface area contributed by atoms with Gasteiger partial charge in [0.2, 0.25) is 5.91 Å². The van der Waals surface area contributed by atoms with Crippen LogP contribution < -0.4 is 5.32 Å². The van der Waals surface area contributed by atoms with E-state index in [1.807, 2.05) is 17.0 Å². The van der Waals surface area contributed by atoms with E-state index in [2.05, 4.69) is 10.3 Å². The molecule has 1 heterocycles. The van der Waals surface area contributed by atoms with Crippen LogP contribution in [-0.4, -0.2) is 35.4 Å². The van der Waals surface area contributed by atoms with Gasteiger partial charge in [0.05, 0.1) is 6.54 Å². The third-order valence-corrected chi connectivity index (χ3v) is 2.74. The molecule has 0 spiro atoms. The molecule has 0 aliphatic heterocycles. The molecule has 5 heteroatoms. The van der Waals surface area contributed by atoms with Crippen LogP contribution >= 0.6 is 12.4 Å². The third kappa shape index (κ3) is 3.98. The maximum absolute atomic E-state index is 11.9. The van der Waals surface area contributed by atoms with Crippen LogP contribution in [-0.2, 0) is 11.3 Å². The van der Waals surface area contributed by atoms with E-state index in [0.29, 0.717) is 19.1 Å². The average Bonchev–Trinajstić information content (AvgIpc) is 3.11. The Balaban J connectivity index is 0.00000144. The number of pyridine rings is 1. The molecule has 94 valence electrons. The molecule has 1 N–H and O–H groups in total. The second-order valence-electron chi connectivity index (χ2n) is 4.14. The number of halogens is 1. The summed E-state index contributed by atoms with van der Waals surface area (Å²) in [6.45, 7) is 1.12. The molecule has 0 saturated heterocycles. The third-order valence-electron chi connectivity index (χ3n) is 2.74. The predicted octanol–water partition coefficient (Wildman–Crippen LogP) is 1.21. The molecule has 0 atom stereocenters. The minimum atomic E-state index is 0. The lowest BCUT2D eigenvalue weighted by Crippen LogP contribution is -2.38. The molecule has 0 radical (unpaired) electrons. The molecule has 1 aliphatic rings. The molecule has 1 amide bonds. The lowest BCUT2D eigenvalue weighted by molar-refractivity contribution is -0.131. The molecular weight excluding hydrogens is 238 g/mol. The van der Waals surface area contributed by atoms with E-state index in [1.54, 1.807) is 19.4 Å². The molecule has 1 aromatic rings. The highest BCUT2D eigenvalue weighted by molar-refractivity contribution is 5.85. The molecule has 0 bridgehead atoms. The van der Waals surface area contributed by atoms with Crippen LogP contribution in [0.4, 0.5) is 0 Å².